The Morgan fingerprint density at radius 2 is 1.94 bits per heavy atom. The molecule has 3 heteroatoms. The fraction of sp³-hybridized carbons (Fsp3) is 0.533. The molecule has 1 saturated carbocycles. The van der Waals surface area contributed by atoms with E-state index in [1.54, 1.807) is 0 Å². The van der Waals surface area contributed by atoms with Crippen molar-refractivity contribution in [1.82, 2.24) is 0 Å². The molecule has 1 aliphatic heterocycles. The van der Waals surface area contributed by atoms with Crippen molar-refractivity contribution >= 4 is 11.7 Å². The van der Waals surface area contributed by atoms with E-state index in [-0.39, 0.29) is 11.8 Å². The minimum Gasteiger partial charge on any atom is -0.481 e. The summed E-state index contributed by atoms with van der Waals surface area (Å²) < 4.78 is 0. The number of anilines is 1. The van der Waals surface area contributed by atoms with Gasteiger partial charge in [0.1, 0.15) is 0 Å². The van der Waals surface area contributed by atoms with E-state index in [0.717, 1.165) is 30.5 Å². The van der Waals surface area contributed by atoms with Gasteiger partial charge in [-0.15, -0.1) is 0 Å². The fourth-order valence-corrected chi connectivity index (χ4v) is 3.56. The molecule has 2 N–H and O–H groups in total. The van der Waals surface area contributed by atoms with Crippen LogP contribution in [0, 0.1) is 5.92 Å². The van der Waals surface area contributed by atoms with Crippen molar-refractivity contribution in [2.24, 2.45) is 5.92 Å². The number of hydrogen-bond donors (Lipinski definition) is 2. The van der Waals surface area contributed by atoms with Crippen LogP contribution in [0.25, 0.3) is 0 Å². The SMILES string of the molecule is O=C(O)C1c2ccccc2NC2CCCCCC21. The Bertz CT molecular complexity index is 458. The van der Waals surface area contributed by atoms with Gasteiger partial charge < -0.3 is 10.4 Å². The molecule has 2 aliphatic rings. The van der Waals surface area contributed by atoms with Gasteiger partial charge in [0, 0.05) is 11.7 Å². The van der Waals surface area contributed by atoms with Gasteiger partial charge in [0.2, 0.25) is 0 Å². The van der Waals surface area contributed by atoms with Crippen LogP contribution in [0.1, 0.15) is 43.6 Å². The van der Waals surface area contributed by atoms with Crippen LogP contribution in [0.3, 0.4) is 0 Å². The molecule has 1 fully saturated rings. The van der Waals surface area contributed by atoms with E-state index in [9.17, 15) is 9.90 Å². The highest BCUT2D eigenvalue weighted by molar-refractivity contribution is 5.81. The van der Waals surface area contributed by atoms with Gasteiger partial charge in [-0.3, -0.25) is 4.79 Å². The second-order valence-corrected chi connectivity index (χ2v) is 5.46. The summed E-state index contributed by atoms with van der Waals surface area (Å²) in [5.74, 6) is -0.744. The molecule has 0 aromatic heterocycles. The molecule has 0 spiro atoms. The number of aliphatic carboxylic acids is 1. The lowest BCUT2D eigenvalue weighted by atomic mass is 9.75. The number of benzene rings is 1. The Morgan fingerprint density at radius 3 is 2.78 bits per heavy atom. The van der Waals surface area contributed by atoms with Gasteiger partial charge in [0.25, 0.3) is 0 Å². The Kier molecular flexibility index (Phi) is 2.98. The topological polar surface area (TPSA) is 49.3 Å². The van der Waals surface area contributed by atoms with Crippen molar-refractivity contribution < 1.29 is 9.90 Å². The smallest absolute Gasteiger partial charge is 0.311 e. The van der Waals surface area contributed by atoms with Crippen LogP contribution in [0.4, 0.5) is 5.69 Å². The van der Waals surface area contributed by atoms with Gasteiger partial charge in [-0.2, -0.15) is 0 Å². The average Bonchev–Trinajstić information content (AvgIpc) is 2.60. The number of para-hydroxylation sites is 1. The van der Waals surface area contributed by atoms with Crippen LogP contribution >= 0.6 is 0 Å². The number of fused-ring (bicyclic) bond motifs is 2. The van der Waals surface area contributed by atoms with Gasteiger partial charge >= 0.3 is 5.97 Å². The summed E-state index contributed by atoms with van der Waals surface area (Å²) in [4.78, 5) is 11.7. The molecule has 18 heavy (non-hydrogen) atoms. The maximum absolute atomic E-state index is 11.7. The minimum absolute atomic E-state index is 0.250. The number of rotatable bonds is 1. The van der Waals surface area contributed by atoms with Gasteiger partial charge in [-0.25, -0.2) is 0 Å². The van der Waals surface area contributed by atoms with E-state index in [4.69, 9.17) is 0 Å². The molecule has 0 bridgehead atoms. The second kappa shape index (κ2) is 4.63. The molecular weight excluding hydrogens is 226 g/mol. The Labute approximate surface area is 107 Å². The first-order chi connectivity index (χ1) is 8.77. The number of carbonyl (C=O) groups is 1. The van der Waals surface area contributed by atoms with Crippen LogP contribution in [-0.4, -0.2) is 17.1 Å². The zero-order valence-corrected chi connectivity index (χ0v) is 10.4. The molecule has 0 saturated heterocycles. The normalized spacial score (nSPS) is 30.6. The summed E-state index contributed by atoms with van der Waals surface area (Å²) >= 11 is 0. The van der Waals surface area contributed by atoms with Crippen molar-refractivity contribution in [3.8, 4) is 0 Å². The first kappa shape index (κ1) is 11.6. The quantitative estimate of drug-likeness (QED) is 0.798. The summed E-state index contributed by atoms with van der Waals surface area (Å²) in [6.45, 7) is 0. The first-order valence-electron chi connectivity index (χ1n) is 6.85. The summed E-state index contributed by atoms with van der Waals surface area (Å²) in [7, 11) is 0. The summed E-state index contributed by atoms with van der Waals surface area (Å²) in [6.07, 6.45) is 5.74. The molecule has 3 unspecified atom stereocenters. The highest BCUT2D eigenvalue weighted by Gasteiger charge is 2.40. The fourth-order valence-electron chi connectivity index (χ4n) is 3.56. The van der Waals surface area contributed by atoms with Gasteiger partial charge in [-0.1, -0.05) is 37.5 Å². The number of carboxylic acids is 1. The molecule has 0 amide bonds. The van der Waals surface area contributed by atoms with Crippen LogP contribution in [0.15, 0.2) is 24.3 Å². The molecule has 0 radical (unpaired) electrons. The van der Waals surface area contributed by atoms with Crippen molar-refractivity contribution in [2.75, 3.05) is 5.32 Å². The molecular formula is C15H19NO2. The molecule has 1 heterocycles. The lowest BCUT2D eigenvalue weighted by Gasteiger charge is -2.38. The lowest BCUT2D eigenvalue weighted by Crippen LogP contribution is -2.40. The lowest BCUT2D eigenvalue weighted by molar-refractivity contribution is -0.140. The van der Waals surface area contributed by atoms with Gasteiger partial charge in [-0.05, 0) is 30.4 Å². The van der Waals surface area contributed by atoms with Gasteiger partial charge in [0.05, 0.1) is 5.92 Å². The largest absolute Gasteiger partial charge is 0.481 e. The van der Waals surface area contributed by atoms with Crippen molar-refractivity contribution in [1.29, 1.82) is 0 Å². The van der Waals surface area contributed by atoms with E-state index < -0.39 is 5.97 Å². The Balaban J connectivity index is 2.03. The highest BCUT2D eigenvalue weighted by atomic mass is 16.4. The molecule has 3 rings (SSSR count). The van der Waals surface area contributed by atoms with Crippen molar-refractivity contribution in [2.45, 2.75) is 44.1 Å². The van der Waals surface area contributed by atoms with Crippen LogP contribution in [-0.2, 0) is 4.79 Å². The van der Waals surface area contributed by atoms with Crippen molar-refractivity contribution in [3.63, 3.8) is 0 Å². The van der Waals surface area contributed by atoms with Crippen LogP contribution < -0.4 is 5.32 Å². The third-order valence-corrected chi connectivity index (χ3v) is 4.40. The Hall–Kier alpha value is -1.51. The summed E-state index contributed by atoms with van der Waals surface area (Å²) in [5, 5.41) is 13.1. The van der Waals surface area contributed by atoms with E-state index >= 15 is 0 Å². The van der Waals surface area contributed by atoms with E-state index in [1.165, 1.54) is 12.8 Å². The maximum Gasteiger partial charge on any atom is 0.311 e. The molecule has 1 aliphatic carbocycles. The van der Waals surface area contributed by atoms with E-state index in [1.807, 2.05) is 24.3 Å². The van der Waals surface area contributed by atoms with Crippen molar-refractivity contribution in [3.05, 3.63) is 29.8 Å². The van der Waals surface area contributed by atoms with E-state index in [0.29, 0.717) is 6.04 Å². The third-order valence-electron chi connectivity index (χ3n) is 4.40. The molecule has 1 aromatic carbocycles. The predicted octanol–water partition coefficient (Wildman–Crippen LogP) is 3.23. The van der Waals surface area contributed by atoms with Crippen LogP contribution in [0.5, 0.6) is 0 Å². The zero-order chi connectivity index (χ0) is 12.5. The number of carboxylic acid groups (broad SMARTS) is 1. The Morgan fingerprint density at radius 1 is 1.17 bits per heavy atom. The molecule has 3 atom stereocenters. The monoisotopic (exact) mass is 245 g/mol. The molecule has 3 nitrogen and oxygen atoms in total. The second-order valence-electron chi connectivity index (χ2n) is 5.46. The first-order valence-corrected chi connectivity index (χ1v) is 6.85. The molecule has 1 aromatic rings. The summed E-state index contributed by atoms with van der Waals surface area (Å²) in [5.41, 5.74) is 1.99. The predicted molar refractivity (Wildman–Crippen MR) is 70.8 cm³/mol. The third kappa shape index (κ3) is 1.88. The average molecular weight is 245 g/mol. The number of hydrogen-bond acceptors (Lipinski definition) is 2. The molecule has 96 valence electrons. The van der Waals surface area contributed by atoms with Gasteiger partial charge in [0.15, 0.2) is 0 Å². The standard InChI is InChI=1S/C15H19NO2/c17-15(18)14-10-6-2-1-3-8-12(10)16-13-9-5-4-7-11(13)14/h4-5,7,9-10,12,14,16H,1-3,6,8H2,(H,17,18). The summed E-state index contributed by atoms with van der Waals surface area (Å²) in [6, 6.07) is 8.22. The zero-order valence-electron chi connectivity index (χ0n) is 10.4. The number of nitrogens with one attached hydrogen (secondary N) is 1. The maximum atomic E-state index is 11.7. The van der Waals surface area contributed by atoms with Crippen LogP contribution in [0.2, 0.25) is 0 Å². The van der Waals surface area contributed by atoms with E-state index in [2.05, 4.69) is 5.32 Å². The highest BCUT2D eigenvalue weighted by Crippen LogP contribution is 2.43. The minimum atomic E-state index is -0.666.